The fraction of sp³-hybridized carbons (Fsp3) is 0.322. The van der Waals surface area contributed by atoms with Crippen LogP contribution in [0.15, 0.2) is 204 Å². The van der Waals surface area contributed by atoms with Crippen LogP contribution in [-0.4, -0.2) is 49.1 Å². The van der Waals surface area contributed by atoms with Crippen molar-refractivity contribution in [2.75, 3.05) is 12.3 Å². The molecular weight excluding hydrogens is 827 g/mol. The van der Waals surface area contributed by atoms with Gasteiger partial charge in [-0.3, -0.25) is 0 Å². The van der Waals surface area contributed by atoms with E-state index in [4.69, 9.17) is 0 Å². The van der Waals surface area contributed by atoms with Crippen LogP contribution < -0.4 is 31.1 Å². The molecule has 0 amide bonds. The molecule has 6 aromatic carbocycles. The molecule has 1 aliphatic carbocycles. The van der Waals surface area contributed by atoms with Crippen LogP contribution in [0, 0.1) is 5.92 Å². The molecule has 0 fully saturated rings. The Morgan fingerprint density at radius 2 is 0.603 bits per heavy atom. The Kier molecular flexibility index (Phi) is 13.8. The first-order valence-corrected chi connectivity index (χ1v) is 30.2. The molecule has 0 nitrogen and oxygen atoms in total. The largest absolute Gasteiger partial charge is 0.179 e. The minimum absolute atomic E-state index is 0.140. The highest BCUT2D eigenvalue weighted by Crippen LogP contribution is 2.65. The minimum atomic E-state index is -3.00. The van der Waals surface area contributed by atoms with E-state index in [1.54, 1.807) is 16.0 Å². The average Bonchev–Trinajstić information content (AvgIpc) is 3.61. The first kappa shape index (κ1) is 47.1. The lowest BCUT2D eigenvalue weighted by atomic mass is 10.1. The molecule has 4 heteroatoms. The van der Waals surface area contributed by atoms with Gasteiger partial charge in [0.2, 0.25) is 0 Å². The van der Waals surface area contributed by atoms with Crippen molar-refractivity contribution >= 4 is 63.1 Å². The molecule has 0 radical (unpaired) electrons. The summed E-state index contributed by atoms with van der Waals surface area (Å²) >= 11 is 0. The zero-order valence-corrected chi connectivity index (χ0v) is 44.1. The van der Waals surface area contributed by atoms with Crippen molar-refractivity contribution in [2.24, 2.45) is 5.92 Å². The Morgan fingerprint density at radius 1 is 0.349 bits per heavy atom. The lowest BCUT2D eigenvalue weighted by Crippen LogP contribution is -2.70. The number of rotatable bonds is 12. The molecule has 0 aromatic heterocycles. The number of hydrogen-bond acceptors (Lipinski definition) is 0. The summed E-state index contributed by atoms with van der Waals surface area (Å²) in [5, 5.41) is 12.7. The zero-order valence-electron chi connectivity index (χ0n) is 40.3. The molecule has 0 bridgehead atoms. The first-order chi connectivity index (χ1) is 29.8. The SMILES string of the molecule is CC(C)(C)P(CC1=C([Si](c2ccccc2)(c2ccccc2)c2ccccc2)C=C([Si](c2ccccc2)(c2ccccc2)c2ccccc2)C1CP(C(C)(C)C)C(C)(C)C)C(C)(C)C. The van der Waals surface area contributed by atoms with E-state index in [9.17, 15) is 0 Å². The topological polar surface area (TPSA) is 0 Å². The Labute approximate surface area is 386 Å². The molecule has 0 spiro atoms. The summed E-state index contributed by atoms with van der Waals surface area (Å²) in [5.74, 6) is 0.259. The average molecular weight is 899 g/mol. The van der Waals surface area contributed by atoms with Crippen molar-refractivity contribution in [1.29, 1.82) is 0 Å². The predicted molar refractivity (Wildman–Crippen MR) is 289 cm³/mol. The van der Waals surface area contributed by atoms with E-state index in [0.717, 1.165) is 12.3 Å². The van der Waals surface area contributed by atoms with E-state index in [0.29, 0.717) is 0 Å². The van der Waals surface area contributed by atoms with Gasteiger partial charge < -0.3 is 0 Å². The second-order valence-corrected chi connectivity index (χ2v) is 37.0. The summed E-state index contributed by atoms with van der Waals surface area (Å²) in [6, 6.07) is 70.6. The van der Waals surface area contributed by atoms with Crippen molar-refractivity contribution in [1.82, 2.24) is 0 Å². The quantitative estimate of drug-likeness (QED) is 0.0652. The molecule has 1 atom stereocenters. The second kappa shape index (κ2) is 18.5. The lowest BCUT2D eigenvalue weighted by molar-refractivity contribution is 0.685. The van der Waals surface area contributed by atoms with Gasteiger partial charge >= 0.3 is 0 Å². The van der Waals surface area contributed by atoms with Crippen LogP contribution in [0.1, 0.15) is 83.1 Å². The maximum atomic E-state index is 2.91. The molecule has 0 saturated heterocycles. The van der Waals surface area contributed by atoms with Crippen LogP contribution in [0.2, 0.25) is 0 Å². The predicted octanol–water partition coefficient (Wildman–Crippen LogP) is 12.4. The van der Waals surface area contributed by atoms with Crippen LogP contribution in [-0.2, 0) is 0 Å². The Balaban J connectivity index is 1.76. The molecule has 63 heavy (non-hydrogen) atoms. The summed E-state index contributed by atoms with van der Waals surface area (Å²) in [7, 11) is -6.99. The highest BCUT2D eigenvalue weighted by Gasteiger charge is 2.55. The molecule has 0 heterocycles. The van der Waals surface area contributed by atoms with Gasteiger partial charge in [0.1, 0.15) is 0 Å². The fourth-order valence-corrected chi connectivity index (χ4v) is 29.7. The van der Waals surface area contributed by atoms with Crippen molar-refractivity contribution in [2.45, 2.75) is 104 Å². The van der Waals surface area contributed by atoms with Crippen LogP contribution in [0.5, 0.6) is 0 Å². The monoisotopic (exact) mass is 898 g/mol. The molecule has 0 N–H and O–H groups in total. The Bertz CT molecular complexity index is 2250. The van der Waals surface area contributed by atoms with Gasteiger partial charge in [-0.2, -0.15) is 0 Å². The molecule has 7 rings (SSSR count). The normalized spacial score (nSPS) is 15.6. The number of hydrogen-bond donors (Lipinski definition) is 0. The van der Waals surface area contributed by atoms with Gasteiger partial charge in [0.05, 0.1) is 0 Å². The van der Waals surface area contributed by atoms with Gasteiger partial charge in [-0.1, -0.05) is 298 Å². The first-order valence-electron chi connectivity index (χ1n) is 23.2. The highest BCUT2D eigenvalue weighted by atomic mass is 31.1. The van der Waals surface area contributed by atoms with Crippen LogP contribution in [0.25, 0.3) is 0 Å². The molecule has 6 aromatic rings. The van der Waals surface area contributed by atoms with Crippen LogP contribution in [0.3, 0.4) is 0 Å². The van der Waals surface area contributed by atoms with Gasteiger partial charge in [-0.15, -0.1) is 0 Å². The van der Waals surface area contributed by atoms with E-state index in [2.05, 4.69) is 271 Å². The summed E-state index contributed by atoms with van der Waals surface area (Å²) < 4.78 is 0. The van der Waals surface area contributed by atoms with Crippen molar-refractivity contribution < 1.29 is 0 Å². The third kappa shape index (κ3) is 9.31. The summed E-state index contributed by atoms with van der Waals surface area (Å²) in [4.78, 5) is 0. The van der Waals surface area contributed by atoms with Gasteiger partial charge in [0.25, 0.3) is 0 Å². The van der Waals surface area contributed by atoms with Gasteiger partial charge in [-0.05, 0) is 69.3 Å². The van der Waals surface area contributed by atoms with E-state index in [-0.39, 0.29) is 26.5 Å². The smallest absolute Gasteiger partial charge is 0.0947 e. The van der Waals surface area contributed by atoms with Crippen molar-refractivity contribution in [3.63, 3.8) is 0 Å². The minimum Gasteiger partial charge on any atom is -0.0947 e. The summed E-state index contributed by atoms with van der Waals surface area (Å²) in [5.41, 5.74) is 1.73. The highest BCUT2D eigenvalue weighted by molar-refractivity contribution is 7.61. The number of allylic oxidation sites excluding steroid dienone is 4. The maximum absolute atomic E-state index is 3.00. The zero-order chi connectivity index (χ0) is 45.3. The molecule has 0 aliphatic heterocycles. The van der Waals surface area contributed by atoms with E-state index in [1.165, 1.54) is 31.1 Å². The third-order valence-electron chi connectivity index (χ3n) is 13.5. The summed E-state index contributed by atoms with van der Waals surface area (Å²) in [6.45, 7) is 30.4. The van der Waals surface area contributed by atoms with Gasteiger partial charge in [-0.25, -0.2) is 0 Å². The van der Waals surface area contributed by atoms with Gasteiger partial charge in [0.15, 0.2) is 16.1 Å². The number of benzene rings is 6. The third-order valence-corrected chi connectivity index (χ3v) is 31.1. The van der Waals surface area contributed by atoms with Crippen LogP contribution >= 0.6 is 15.8 Å². The Hall–Kier alpha value is -3.91. The fourth-order valence-electron chi connectivity index (χ4n) is 11.3. The van der Waals surface area contributed by atoms with E-state index >= 15 is 0 Å². The standard InChI is InChI=1S/C59H72P2Si2/c1-56(2,3)60(57(4,5)6)44-52-53(45-61(58(7,8)9)59(10,11)12)55(63(49-37-25-16-26-38-49,50-39-27-17-28-40-50)51-41-29-18-30-42-51)43-54(52)62(46-31-19-13-20-32-46,47-33-21-14-22-34-47)48-35-23-15-24-36-48/h13-43,52H,44-45H2,1-12H3. The second-order valence-electron chi connectivity index (χ2n) is 21.7. The summed E-state index contributed by atoms with van der Waals surface area (Å²) in [6.07, 6.45) is 5.19. The van der Waals surface area contributed by atoms with Crippen LogP contribution in [0.4, 0.5) is 0 Å². The molecule has 1 unspecified atom stereocenters. The van der Waals surface area contributed by atoms with Crippen molar-refractivity contribution in [3.05, 3.63) is 204 Å². The maximum Gasteiger partial charge on any atom is 0.179 e. The van der Waals surface area contributed by atoms with E-state index < -0.39 is 32.0 Å². The lowest BCUT2D eigenvalue weighted by Gasteiger charge is -2.48. The molecule has 326 valence electrons. The van der Waals surface area contributed by atoms with Gasteiger partial charge in [0, 0.05) is 5.92 Å². The van der Waals surface area contributed by atoms with Crippen molar-refractivity contribution in [3.8, 4) is 0 Å². The van der Waals surface area contributed by atoms with E-state index in [1.807, 2.05) is 0 Å². The molecule has 1 aliphatic rings. The Morgan fingerprint density at radius 3 is 0.857 bits per heavy atom. The molecule has 0 saturated carbocycles. The molecular formula is C59H72P2Si2.